The molecule has 0 aliphatic heterocycles. The van der Waals surface area contributed by atoms with Crippen LogP contribution in [-0.2, 0) is 19.1 Å². The fourth-order valence-electron chi connectivity index (χ4n) is 10.4. The molecule has 1 N–H and O–H groups in total. The maximum atomic E-state index is 12.4. The molecule has 1 atom stereocenters. The van der Waals surface area contributed by atoms with Gasteiger partial charge >= 0.3 is 11.9 Å². The van der Waals surface area contributed by atoms with Crippen LogP contribution in [0, 0.1) is 0 Å². The third-order valence-corrected chi connectivity index (χ3v) is 15.7. The van der Waals surface area contributed by atoms with Crippen LogP contribution in [0.5, 0.6) is 0 Å². The molecule has 0 aliphatic rings. The highest BCUT2D eigenvalue weighted by Crippen LogP contribution is 2.18. The first-order valence-corrected chi connectivity index (χ1v) is 35.1. The minimum atomic E-state index is -0.775. The predicted octanol–water partition coefficient (Wildman–Crippen LogP) is 24.4. The molecule has 80 heavy (non-hydrogen) atoms. The van der Waals surface area contributed by atoms with Crippen LogP contribution in [0.3, 0.4) is 0 Å². The molecule has 1 unspecified atom stereocenters. The highest BCUT2D eigenvalue weighted by Gasteiger charge is 2.16. The summed E-state index contributed by atoms with van der Waals surface area (Å²) in [5, 5.41) is 9.70. The van der Waals surface area contributed by atoms with Crippen LogP contribution in [-0.4, -0.2) is 36.4 Å². The summed E-state index contributed by atoms with van der Waals surface area (Å²) >= 11 is 0. The molecule has 5 nitrogen and oxygen atoms in total. The Balaban J connectivity index is 3.42. The topological polar surface area (TPSA) is 72.8 Å². The van der Waals surface area contributed by atoms with E-state index in [0.717, 1.165) is 77.0 Å². The van der Waals surface area contributed by atoms with Crippen LogP contribution in [0.15, 0.2) is 85.1 Å². The Hall–Kier alpha value is -2.92. The van der Waals surface area contributed by atoms with Gasteiger partial charge in [-0.25, -0.2) is 0 Å². The maximum absolute atomic E-state index is 12.4. The summed E-state index contributed by atoms with van der Waals surface area (Å²) in [4.78, 5) is 24.7. The Labute approximate surface area is 498 Å². The average Bonchev–Trinajstić information content (AvgIpc) is 3.46. The van der Waals surface area contributed by atoms with Crippen molar-refractivity contribution >= 4 is 11.9 Å². The lowest BCUT2D eigenvalue weighted by Gasteiger charge is -2.15. The number of allylic oxidation sites excluding steroid dienone is 14. The second-order valence-electron chi connectivity index (χ2n) is 23.6. The molecule has 0 spiro atoms. The summed E-state index contributed by atoms with van der Waals surface area (Å²) in [5.74, 6) is -0.575. The Morgan fingerprint density at radius 2 is 0.537 bits per heavy atom. The standard InChI is InChI=1S/C75H134O5/c1-3-5-7-9-11-13-15-17-19-21-23-25-27-29-31-33-35-36-37-38-40-41-43-45-47-49-51-53-55-57-59-61-63-65-67-69-74(77)79-72-73(71-76)80-75(78)70-68-66-64-62-60-58-56-54-52-50-48-46-44-42-39-34-32-30-28-26-24-22-20-18-16-14-12-10-8-6-4-2/h6,8,12,14-15,17-18,20-21,23-24,26,30,32,73,76H,3-5,7,9-11,13,16,19,22,25,27-29,31,33-72H2,1-2H3/b8-6-,14-12-,17-15-,20-18-,23-21-,26-24-,32-30-. The summed E-state index contributed by atoms with van der Waals surface area (Å²) in [5.41, 5.74) is 0. The molecule has 464 valence electrons. The molecule has 0 saturated heterocycles. The molecule has 0 aromatic rings. The van der Waals surface area contributed by atoms with Crippen molar-refractivity contribution in [3.05, 3.63) is 85.1 Å². The molecular formula is C75H134O5. The fraction of sp³-hybridized carbons (Fsp3) is 0.787. The molecule has 0 radical (unpaired) electrons. The minimum Gasteiger partial charge on any atom is -0.462 e. The van der Waals surface area contributed by atoms with Crippen molar-refractivity contribution in [2.24, 2.45) is 0 Å². The van der Waals surface area contributed by atoms with Crippen molar-refractivity contribution in [2.75, 3.05) is 13.2 Å². The molecule has 5 heteroatoms. The SMILES string of the molecule is CC/C=C\C/C=C\C/C=C\C/C=C\C/C=C\CCCCCCCCCCCCCCCCCC(=O)OC(CO)COC(=O)CCCCCCCCCCCCCCCCCCCCCCCCC/C=C\C/C=C\CCCCCCC. The van der Waals surface area contributed by atoms with Crippen LogP contribution in [0.4, 0.5) is 0 Å². The van der Waals surface area contributed by atoms with Crippen LogP contribution in [0.1, 0.15) is 361 Å². The van der Waals surface area contributed by atoms with Gasteiger partial charge in [-0.2, -0.15) is 0 Å². The molecule has 0 aromatic heterocycles. The van der Waals surface area contributed by atoms with Crippen molar-refractivity contribution in [1.82, 2.24) is 0 Å². The predicted molar refractivity (Wildman–Crippen MR) is 353 cm³/mol. The van der Waals surface area contributed by atoms with Gasteiger partial charge in [-0.15, -0.1) is 0 Å². The number of unbranched alkanes of at least 4 members (excludes halogenated alkanes) is 43. The van der Waals surface area contributed by atoms with Gasteiger partial charge in [0.25, 0.3) is 0 Å². The Bertz CT molecular complexity index is 1450. The lowest BCUT2D eigenvalue weighted by atomic mass is 10.0. The van der Waals surface area contributed by atoms with E-state index in [2.05, 4.69) is 98.9 Å². The molecule has 0 fully saturated rings. The number of aliphatic hydroxyl groups is 1. The number of hydrogen-bond donors (Lipinski definition) is 1. The number of carbonyl (C=O) groups excluding carboxylic acids is 2. The van der Waals surface area contributed by atoms with Crippen molar-refractivity contribution < 1.29 is 24.2 Å². The quantitative estimate of drug-likeness (QED) is 0.0373. The second-order valence-corrected chi connectivity index (χ2v) is 23.6. The van der Waals surface area contributed by atoms with Gasteiger partial charge in [-0.3, -0.25) is 9.59 Å². The summed E-state index contributed by atoms with van der Waals surface area (Å²) < 4.78 is 10.8. The van der Waals surface area contributed by atoms with Crippen LogP contribution in [0.25, 0.3) is 0 Å². The fourth-order valence-corrected chi connectivity index (χ4v) is 10.4. The monoisotopic (exact) mass is 1120 g/mol. The van der Waals surface area contributed by atoms with E-state index in [-0.39, 0.29) is 25.2 Å². The van der Waals surface area contributed by atoms with E-state index in [1.807, 2.05) is 0 Å². The van der Waals surface area contributed by atoms with Gasteiger partial charge in [0.05, 0.1) is 6.61 Å². The van der Waals surface area contributed by atoms with Gasteiger partial charge in [0.1, 0.15) is 6.61 Å². The van der Waals surface area contributed by atoms with Crippen molar-refractivity contribution in [3.8, 4) is 0 Å². The number of aliphatic hydroxyl groups excluding tert-OH is 1. The van der Waals surface area contributed by atoms with Crippen LogP contribution in [0.2, 0.25) is 0 Å². The molecule has 0 heterocycles. The van der Waals surface area contributed by atoms with Crippen molar-refractivity contribution in [3.63, 3.8) is 0 Å². The summed E-state index contributed by atoms with van der Waals surface area (Å²) in [6, 6.07) is 0. The molecule has 0 aromatic carbocycles. The number of ether oxygens (including phenoxy) is 2. The smallest absolute Gasteiger partial charge is 0.306 e. The first-order valence-electron chi connectivity index (χ1n) is 35.1. The van der Waals surface area contributed by atoms with Gasteiger partial charge in [0.2, 0.25) is 0 Å². The van der Waals surface area contributed by atoms with Gasteiger partial charge in [-0.05, 0) is 89.9 Å². The number of hydrogen-bond acceptors (Lipinski definition) is 5. The minimum absolute atomic E-state index is 0.0639. The molecule has 0 amide bonds. The first-order chi connectivity index (χ1) is 39.6. The van der Waals surface area contributed by atoms with E-state index in [4.69, 9.17) is 9.47 Å². The number of esters is 2. The second kappa shape index (κ2) is 70.3. The third-order valence-electron chi connectivity index (χ3n) is 15.7. The van der Waals surface area contributed by atoms with Gasteiger partial charge in [0.15, 0.2) is 6.10 Å². The van der Waals surface area contributed by atoms with Crippen molar-refractivity contribution in [1.29, 1.82) is 0 Å². The summed E-state index contributed by atoms with van der Waals surface area (Å²) in [6.07, 6.45) is 99.1. The van der Waals surface area contributed by atoms with Crippen LogP contribution < -0.4 is 0 Å². The van der Waals surface area contributed by atoms with E-state index < -0.39 is 6.10 Å². The summed E-state index contributed by atoms with van der Waals surface area (Å²) in [7, 11) is 0. The maximum Gasteiger partial charge on any atom is 0.306 e. The van der Waals surface area contributed by atoms with E-state index in [1.54, 1.807) is 0 Å². The molecule has 0 aliphatic carbocycles. The molecule has 0 saturated carbocycles. The van der Waals surface area contributed by atoms with Gasteiger partial charge < -0.3 is 14.6 Å². The lowest BCUT2D eigenvalue weighted by Crippen LogP contribution is -2.28. The zero-order valence-corrected chi connectivity index (χ0v) is 53.3. The number of carbonyl (C=O) groups is 2. The van der Waals surface area contributed by atoms with E-state index in [0.29, 0.717) is 12.8 Å². The summed E-state index contributed by atoms with van der Waals surface area (Å²) in [6.45, 7) is 4.06. The van der Waals surface area contributed by atoms with E-state index in [9.17, 15) is 14.7 Å². The normalized spacial score (nSPS) is 12.7. The van der Waals surface area contributed by atoms with Gasteiger partial charge in [-0.1, -0.05) is 343 Å². The van der Waals surface area contributed by atoms with Gasteiger partial charge in [0, 0.05) is 12.8 Å². The Morgan fingerprint density at radius 3 is 0.812 bits per heavy atom. The zero-order chi connectivity index (χ0) is 57.6. The van der Waals surface area contributed by atoms with Crippen LogP contribution >= 0.6 is 0 Å². The van der Waals surface area contributed by atoms with E-state index >= 15 is 0 Å². The average molecular weight is 1120 g/mol. The molecular weight excluding hydrogens is 981 g/mol. The largest absolute Gasteiger partial charge is 0.462 e. The van der Waals surface area contributed by atoms with Crippen molar-refractivity contribution in [2.45, 2.75) is 367 Å². The highest BCUT2D eigenvalue weighted by molar-refractivity contribution is 5.70. The molecule has 0 rings (SSSR count). The lowest BCUT2D eigenvalue weighted by molar-refractivity contribution is -0.161. The Kier molecular flexibility index (Phi) is 67.8. The number of rotatable bonds is 65. The highest BCUT2D eigenvalue weighted by atomic mass is 16.6. The first kappa shape index (κ1) is 77.1. The van der Waals surface area contributed by atoms with E-state index in [1.165, 1.54) is 257 Å². The zero-order valence-electron chi connectivity index (χ0n) is 53.3. The molecule has 0 bridgehead atoms. The Morgan fingerprint density at radius 1 is 0.300 bits per heavy atom. The third kappa shape index (κ3) is 67.6.